The Morgan fingerprint density at radius 3 is 2.74 bits per heavy atom. The van der Waals surface area contributed by atoms with Crippen molar-refractivity contribution < 1.29 is 14.3 Å². The Kier molecular flexibility index (Phi) is 5.05. The van der Waals surface area contributed by atoms with E-state index in [2.05, 4.69) is 21.4 Å². The third-order valence-corrected chi connectivity index (χ3v) is 9.39. The number of nitrogens with two attached hydrogens (primary N) is 1. The standard InChI is InChI=1S/C25H34N6O3/c1-28-18(7-20-29-2-3-30-20)23(33)34-25-10-14-4-15(11-25)9-24(8-14,13-25)21(27)22(32)31-17(12-26)5-16-6-19(16)31/h2-3,14-19,21,28H,4-11,13,27H2,1H3,(H,29,30)/t14?,15?,16-,17+,18+,19+,21-,24?,25?/m1/s1. The summed E-state index contributed by atoms with van der Waals surface area (Å²) in [7, 11) is 1.76. The van der Waals surface area contributed by atoms with E-state index in [9.17, 15) is 14.9 Å². The van der Waals surface area contributed by atoms with E-state index in [-0.39, 0.29) is 29.4 Å². The van der Waals surface area contributed by atoms with Gasteiger partial charge in [0, 0.05) is 24.9 Å². The van der Waals surface area contributed by atoms with Crippen LogP contribution in [0.4, 0.5) is 0 Å². The molecule has 1 aromatic rings. The number of fused-ring (bicyclic) bond motifs is 1. The van der Waals surface area contributed by atoms with Gasteiger partial charge in [-0.2, -0.15) is 5.26 Å². The second-order valence-electron chi connectivity index (χ2n) is 11.7. The quantitative estimate of drug-likeness (QED) is 0.515. The molecule has 6 aliphatic rings. The summed E-state index contributed by atoms with van der Waals surface area (Å²) >= 11 is 0. The highest BCUT2D eigenvalue weighted by Gasteiger charge is 2.64. The average Bonchev–Trinajstić information content (AvgIpc) is 3.19. The van der Waals surface area contributed by atoms with E-state index in [1.807, 2.05) is 0 Å². The lowest BCUT2D eigenvalue weighted by Gasteiger charge is -2.62. The summed E-state index contributed by atoms with van der Waals surface area (Å²) in [6.45, 7) is 0. The van der Waals surface area contributed by atoms with Crippen molar-refractivity contribution in [2.75, 3.05) is 7.05 Å². The fraction of sp³-hybridized carbons (Fsp3) is 0.760. The van der Waals surface area contributed by atoms with Crippen LogP contribution in [0.25, 0.3) is 0 Å². The molecule has 182 valence electrons. The number of hydrogen-bond acceptors (Lipinski definition) is 7. The number of hydrogen-bond donors (Lipinski definition) is 3. The normalized spacial score (nSPS) is 41.0. The van der Waals surface area contributed by atoms with Gasteiger partial charge in [0.05, 0.1) is 12.1 Å². The van der Waals surface area contributed by atoms with Crippen LogP contribution in [0.3, 0.4) is 0 Å². The van der Waals surface area contributed by atoms with Crippen LogP contribution in [-0.4, -0.2) is 63.6 Å². The predicted molar refractivity (Wildman–Crippen MR) is 122 cm³/mol. The van der Waals surface area contributed by atoms with Gasteiger partial charge in [0.2, 0.25) is 5.91 Å². The largest absolute Gasteiger partial charge is 0.458 e. The molecule has 7 atom stereocenters. The third-order valence-electron chi connectivity index (χ3n) is 9.39. The molecular weight excluding hydrogens is 432 g/mol. The Bertz CT molecular complexity index is 1000. The molecule has 1 amide bonds. The molecule has 7 rings (SSSR count). The Hall–Kier alpha value is -2.44. The minimum absolute atomic E-state index is 0.0640. The molecule has 9 nitrogen and oxygen atoms in total. The number of carbonyl (C=O) groups is 2. The summed E-state index contributed by atoms with van der Waals surface area (Å²) in [5.41, 5.74) is 5.88. The number of imidazole rings is 1. The zero-order chi connectivity index (χ0) is 23.7. The second kappa shape index (κ2) is 7.79. The van der Waals surface area contributed by atoms with Gasteiger partial charge in [-0.1, -0.05) is 0 Å². The van der Waals surface area contributed by atoms with Gasteiger partial charge in [-0.25, -0.2) is 4.98 Å². The van der Waals surface area contributed by atoms with Crippen molar-refractivity contribution in [1.82, 2.24) is 20.2 Å². The highest BCUT2D eigenvalue weighted by Crippen LogP contribution is 2.64. The lowest BCUT2D eigenvalue weighted by atomic mass is 9.46. The van der Waals surface area contributed by atoms with E-state index in [0.29, 0.717) is 30.6 Å². The summed E-state index contributed by atoms with van der Waals surface area (Å²) in [4.78, 5) is 36.0. The van der Waals surface area contributed by atoms with E-state index in [0.717, 1.165) is 50.8 Å². The zero-order valence-corrected chi connectivity index (χ0v) is 19.7. The average molecular weight is 467 g/mol. The molecule has 1 aliphatic heterocycles. The first-order valence-electron chi connectivity index (χ1n) is 12.7. The number of H-pyrrole nitrogens is 1. The van der Waals surface area contributed by atoms with E-state index in [1.54, 1.807) is 24.3 Å². The number of nitrogens with zero attached hydrogens (tertiary/aromatic N) is 3. The van der Waals surface area contributed by atoms with Crippen molar-refractivity contribution in [2.24, 2.45) is 28.9 Å². The Labute approximate surface area is 199 Å². The lowest BCUT2D eigenvalue weighted by molar-refractivity contribution is -0.207. The Morgan fingerprint density at radius 1 is 1.32 bits per heavy atom. The molecule has 0 aromatic carbocycles. The van der Waals surface area contributed by atoms with E-state index < -0.39 is 17.7 Å². The molecule has 4 N–H and O–H groups in total. The number of rotatable bonds is 7. The number of likely N-dealkylation sites (N-methyl/N-ethyl adjacent to an activating group) is 1. The summed E-state index contributed by atoms with van der Waals surface area (Å²) in [6, 6.07) is 1.04. The molecule has 5 saturated carbocycles. The topological polar surface area (TPSA) is 137 Å². The summed E-state index contributed by atoms with van der Waals surface area (Å²) in [6.07, 6.45) is 10.9. The molecule has 1 aromatic heterocycles. The fourth-order valence-corrected chi connectivity index (χ4v) is 8.23. The minimum atomic E-state index is -0.644. The van der Waals surface area contributed by atoms with Gasteiger partial charge in [-0.05, 0) is 81.6 Å². The van der Waals surface area contributed by atoms with Crippen molar-refractivity contribution in [3.05, 3.63) is 18.2 Å². The van der Waals surface area contributed by atoms with Crippen molar-refractivity contribution in [1.29, 1.82) is 5.26 Å². The van der Waals surface area contributed by atoms with Crippen LogP contribution < -0.4 is 11.1 Å². The monoisotopic (exact) mass is 466 g/mol. The van der Waals surface area contributed by atoms with Gasteiger partial charge in [-0.3, -0.25) is 9.59 Å². The Balaban J connectivity index is 1.21. The van der Waals surface area contributed by atoms with Crippen molar-refractivity contribution >= 4 is 11.9 Å². The first-order chi connectivity index (χ1) is 16.4. The molecule has 0 spiro atoms. The van der Waals surface area contributed by atoms with Crippen LogP contribution in [0.1, 0.15) is 57.2 Å². The number of amides is 1. The van der Waals surface area contributed by atoms with Gasteiger partial charge in [0.15, 0.2) is 0 Å². The van der Waals surface area contributed by atoms with Gasteiger partial charge < -0.3 is 25.7 Å². The predicted octanol–water partition coefficient (Wildman–Crippen LogP) is 1.26. The molecular formula is C25H34N6O3. The number of nitriles is 1. The molecule has 2 heterocycles. The number of nitrogens with one attached hydrogen (secondary N) is 2. The number of aromatic nitrogens is 2. The van der Waals surface area contributed by atoms with E-state index in [4.69, 9.17) is 10.5 Å². The maximum Gasteiger partial charge on any atom is 0.324 e. The molecule has 34 heavy (non-hydrogen) atoms. The number of aromatic amines is 1. The minimum Gasteiger partial charge on any atom is -0.458 e. The molecule has 0 radical (unpaired) electrons. The summed E-state index contributed by atoms with van der Waals surface area (Å²) in [5.74, 6) is 1.72. The highest BCUT2D eigenvalue weighted by atomic mass is 16.6. The number of piperidine rings is 1. The number of esters is 1. The fourth-order valence-electron chi connectivity index (χ4n) is 8.23. The molecule has 2 unspecified atom stereocenters. The maximum absolute atomic E-state index is 13.6. The molecule has 9 heteroatoms. The highest BCUT2D eigenvalue weighted by molar-refractivity contribution is 5.84. The Morgan fingerprint density at radius 2 is 2.09 bits per heavy atom. The summed E-state index contributed by atoms with van der Waals surface area (Å²) < 4.78 is 6.33. The number of carbonyl (C=O) groups excluding carboxylic acids is 2. The smallest absolute Gasteiger partial charge is 0.324 e. The molecule has 5 aliphatic carbocycles. The number of likely N-dealkylation sites (tertiary alicyclic amines) is 1. The van der Waals surface area contributed by atoms with Crippen molar-refractivity contribution in [2.45, 2.75) is 87.6 Å². The lowest BCUT2D eigenvalue weighted by Crippen LogP contribution is -2.66. The van der Waals surface area contributed by atoms with Crippen molar-refractivity contribution in [3.8, 4) is 6.07 Å². The SMILES string of the molecule is CN[C@@H](Cc1ncc[nH]1)C(=O)OC12CC3CC(C1)CC([C@H](N)C(=O)N1[C@H](C#N)C[C@@H]4C[C@@H]41)(C3)C2. The number of ether oxygens (including phenoxy) is 1. The zero-order valence-electron chi connectivity index (χ0n) is 19.7. The molecule has 4 bridgehead atoms. The second-order valence-corrected chi connectivity index (χ2v) is 11.7. The van der Waals surface area contributed by atoms with Crippen LogP contribution in [0.15, 0.2) is 12.4 Å². The van der Waals surface area contributed by atoms with Crippen molar-refractivity contribution in [3.63, 3.8) is 0 Å². The maximum atomic E-state index is 13.6. The van der Waals surface area contributed by atoms with Gasteiger partial charge in [-0.15, -0.1) is 0 Å². The van der Waals surface area contributed by atoms with Gasteiger partial charge >= 0.3 is 5.97 Å². The van der Waals surface area contributed by atoms with E-state index in [1.165, 1.54) is 0 Å². The van der Waals surface area contributed by atoms with Crippen LogP contribution in [-0.2, 0) is 20.7 Å². The van der Waals surface area contributed by atoms with Crippen LogP contribution in [0.5, 0.6) is 0 Å². The molecule has 6 fully saturated rings. The van der Waals surface area contributed by atoms with Crippen LogP contribution >= 0.6 is 0 Å². The third kappa shape index (κ3) is 3.45. The van der Waals surface area contributed by atoms with Crippen LogP contribution in [0, 0.1) is 34.5 Å². The summed E-state index contributed by atoms with van der Waals surface area (Å²) in [5, 5.41) is 12.7. The first-order valence-corrected chi connectivity index (χ1v) is 12.7. The molecule has 1 saturated heterocycles. The van der Waals surface area contributed by atoms with Gasteiger partial charge in [0.1, 0.15) is 23.5 Å². The van der Waals surface area contributed by atoms with Crippen LogP contribution in [0.2, 0.25) is 0 Å². The first kappa shape index (κ1) is 22.1. The van der Waals surface area contributed by atoms with E-state index >= 15 is 0 Å². The van der Waals surface area contributed by atoms with Gasteiger partial charge in [0.25, 0.3) is 0 Å².